The van der Waals surface area contributed by atoms with E-state index in [-0.39, 0.29) is 18.2 Å². The minimum Gasteiger partial charge on any atom is -0.456 e. The summed E-state index contributed by atoms with van der Waals surface area (Å²) < 4.78 is 12.3. The zero-order valence-electron chi connectivity index (χ0n) is 20.8. The fraction of sp³-hybridized carbons (Fsp3) is 0.286. The van der Waals surface area contributed by atoms with Crippen LogP contribution in [-0.4, -0.2) is 66.1 Å². The fourth-order valence-electron chi connectivity index (χ4n) is 4.41. The normalized spacial score (nSPS) is 15.3. The predicted octanol–water partition coefficient (Wildman–Crippen LogP) is 4.35. The molecule has 0 spiro atoms. The van der Waals surface area contributed by atoms with E-state index in [9.17, 15) is 9.59 Å². The van der Waals surface area contributed by atoms with Gasteiger partial charge in [-0.1, -0.05) is 12.1 Å². The van der Waals surface area contributed by atoms with Gasteiger partial charge in [-0.25, -0.2) is 4.98 Å². The molecule has 6 rings (SSSR count). The zero-order valence-corrected chi connectivity index (χ0v) is 21.6. The molecule has 0 bridgehead atoms. The number of benzene rings is 1. The highest BCUT2D eigenvalue weighted by atomic mass is 32.1. The Morgan fingerprint density at radius 1 is 1.00 bits per heavy atom. The molecule has 2 aliphatic heterocycles. The molecule has 2 fully saturated rings. The van der Waals surface area contributed by atoms with Gasteiger partial charge in [0.05, 0.1) is 46.6 Å². The second-order valence-electron chi connectivity index (χ2n) is 9.26. The van der Waals surface area contributed by atoms with E-state index in [1.165, 1.54) is 11.3 Å². The lowest BCUT2D eigenvalue weighted by atomic mass is 10.1. The number of rotatable bonds is 7. The highest BCUT2D eigenvalue weighted by Gasteiger charge is 2.24. The Kier molecular flexibility index (Phi) is 6.89. The number of hydrogen-bond acceptors (Lipinski definition) is 8. The van der Waals surface area contributed by atoms with Gasteiger partial charge in [-0.15, -0.1) is 11.3 Å². The van der Waals surface area contributed by atoms with Crippen molar-refractivity contribution in [3.05, 3.63) is 71.4 Å². The van der Waals surface area contributed by atoms with Gasteiger partial charge >= 0.3 is 0 Å². The number of amides is 2. The van der Waals surface area contributed by atoms with Crippen LogP contribution in [-0.2, 0) is 16.0 Å². The summed E-state index contributed by atoms with van der Waals surface area (Å²) in [6.07, 6.45) is 4.66. The summed E-state index contributed by atoms with van der Waals surface area (Å²) in [5.41, 5.74) is 2.28. The van der Waals surface area contributed by atoms with Crippen molar-refractivity contribution in [1.29, 1.82) is 0 Å². The molecular weight excluding hydrogens is 502 g/mol. The maximum Gasteiger partial charge on any atom is 0.264 e. The molecule has 9 nitrogen and oxygen atoms in total. The summed E-state index contributed by atoms with van der Waals surface area (Å²) >= 11 is 1.41. The molecule has 1 N–H and O–H groups in total. The van der Waals surface area contributed by atoms with Gasteiger partial charge in [0.1, 0.15) is 17.3 Å². The molecule has 0 unspecified atom stereocenters. The van der Waals surface area contributed by atoms with Crippen molar-refractivity contribution in [3.8, 4) is 11.5 Å². The van der Waals surface area contributed by atoms with Crippen LogP contribution in [0.15, 0.2) is 60.9 Å². The molecule has 10 heteroatoms. The smallest absolute Gasteiger partial charge is 0.264 e. The summed E-state index contributed by atoms with van der Waals surface area (Å²) in [5.74, 6) is 2.12. The Labute approximate surface area is 224 Å². The average molecular weight is 530 g/mol. The van der Waals surface area contributed by atoms with E-state index < -0.39 is 0 Å². The lowest BCUT2D eigenvalue weighted by molar-refractivity contribution is -0.115. The largest absolute Gasteiger partial charge is 0.456 e. The molecule has 2 saturated heterocycles. The molecule has 0 atom stereocenters. The Hall–Kier alpha value is -4.02. The third-order valence-corrected chi connectivity index (χ3v) is 7.74. The van der Waals surface area contributed by atoms with Crippen LogP contribution in [0.25, 0.3) is 10.2 Å². The van der Waals surface area contributed by atoms with Crippen molar-refractivity contribution in [3.63, 3.8) is 0 Å². The van der Waals surface area contributed by atoms with Gasteiger partial charge in [0, 0.05) is 38.4 Å². The van der Waals surface area contributed by atoms with Gasteiger partial charge in [-0.05, 0) is 42.3 Å². The first-order valence-electron chi connectivity index (χ1n) is 12.7. The number of nitrogens with one attached hydrogen (secondary N) is 1. The molecule has 0 saturated carbocycles. The molecule has 5 heterocycles. The van der Waals surface area contributed by atoms with Gasteiger partial charge < -0.3 is 24.6 Å². The fourth-order valence-corrected chi connectivity index (χ4v) is 5.44. The van der Waals surface area contributed by atoms with Crippen LogP contribution in [0.2, 0.25) is 0 Å². The molecular formula is C28H27N5O4S. The van der Waals surface area contributed by atoms with Gasteiger partial charge in [-0.2, -0.15) is 0 Å². The third kappa shape index (κ3) is 5.32. The van der Waals surface area contributed by atoms with Gasteiger partial charge in [0.15, 0.2) is 0 Å². The number of aromatic nitrogens is 2. The molecule has 0 radical (unpaired) electrons. The van der Waals surface area contributed by atoms with Crippen LogP contribution in [0.3, 0.4) is 0 Å². The van der Waals surface area contributed by atoms with E-state index in [2.05, 4.69) is 20.2 Å². The van der Waals surface area contributed by atoms with Gasteiger partial charge in [0.2, 0.25) is 5.91 Å². The summed E-state index contributed by atoms with van der Waals surface area (Å²) in [6.45, 7) is 4.66. The first-order valence-corrected chi connectivity index (χ1v) is 13.5. The third-order valence-electron chi connectivity index (χ3n) is 6.61. The first-order chi connectivity index (χ1) is 18.6. The van der Waals surface area contributed by atoms with Crippen LogP contribution >= 0.6 is 11.3 Å². The second-order valence-corrected chi connectivity index (χ2v) is 10.3. The van der Waals surface area contributed by atoms with E-state index in [0.717, 1.165) is 54.2 Å². The first kappa shape index (κ1) is 24.3. The van der Waals surface area contributed by atoms with Crippen LogP contribution in [0.4, 0.5) is 11.5 Å². The van der Waals surface area contributed by atoms with E-state index in [0.29, 0.717) is 35.3 Å². The lowest BCUT2D eigenvalue weighted by Gasteiger charge is -2.30. The predicted molar refractivity (Wildman–Crippen MR) is 146 cm³/mol. The highest BCUT2D eigenvalue weighted by Crippen LogP contribution is 2.35. The topological polar surface area (TPSA) is 96.9 Å². The van der Waals surface area contributed by atoms with Crippen LogP contribution in [0.1, 0.15) is 21.7 Å². The zero-order chi connectivity index (χ0) is 25.9. The van der Waals surface area contributed by atoms with Crippen molar-refractivity contribution in [2.75, 3.05) is 49.6 Å². The molecule has 2 amide bonds. The van der Waals surface area contributed by atoms with E-state index in [1.807, 2.05) is 47.4 Å². The number of ether oxygens (including phenoxy) is 2. The second kappa shape index (κ2) is 10.8. The number of hydrogen-bond donors (Lipinski definition) is 1. The average Bonchev–Trinajstić information content (AvgIpc) is 3.35. The molecule has 1 aromatic carbocycles. The Bertz CT molecular complexity index is 1440. The SMILES string of the molecule is O=C(Cc1ccc(Oc2ccnc3cc(C(=O)N4CCC4)sc23)cc1)Nc1ccc(N2CCOCC2)nc1. The van der Waals surface area contributed by atoms with E-state index in [1.54, 1.807) is 18.5 Å². The number of fused-ring (bicyclic) bond motifs is 1. The van der Waals surface area contributed by atoms with Crippen molar-refractivity contribution in [2.24, 2.45) is 0 Å². The minimum atomic E-state index is -0.117. The number of likely N-dealkylation sites (tertiary alicyclic amines) is 1. The molecule has 194 valence electrons. The van der Waals surface area contributed by atoms with E-state index in [4.69, 9.17) is 9.47 Å². The quantitative estimate of drug-likeness (QED) is 0.380. The molecule has 2 aliphatic rings. The summed E-state index contributed by atoms with van der Waals surface area (Å²) in [6, 6.07) is 14.9. The summed E-state index contributed by atoms with van der Waals surface area (Å²) in [7, 11) is 0. The standard InChI is InChI=1S/C28H27N5O4S/c34-26(31-20-4-7-25(30-18-20)32-12-14-36-15-13-32)16-19-2-5-21(6-3-19)37-23-8-9-29-22-17-24(38-27(22)23)28(35)33-10-1-11-33/h2-9,17-18H,1,10-16H2,(H,31,34). The number of anilines is 2. The Balaban J connectivity index is 1.07. The number of thiophene rings is 1. The van der Waals surface area contributed by atoms with Crippen molar-refractivity contribution in [2.45, 2.75) is 12.8 Å². The Morgan fingerprint density at radius 2 is 1.82 bits per heavy atom. The van der Waals surface area contributed by atoms with Crippen molar-refractivity contribution < 1.29 is 19.1 Å². The van der Waals surface area contributed by atoms with Crippen LogP contribution in [0, 0.1) is 0 Å². The number of carbonyl (C=O) groups excluding carboxylic acids is 2. The number of morpholine rings is 1. The number of carbonyl (C=O) groups is 2. The molecule has 0 aliphatic carbocycles. The minimum absolute atomic E-state index is 0.0525. The van der Waals surface area contributed by atoms with Gasteiger partial charge in [0.25, 0.3) is 5.91 Å². The molecule has 3 aromatic heterocycles. The molecule has 38 heavy (non-hydrogen) atoms. The summed E-state index contributed by atoms with van der Waals surface area (Å²) in [4.78, 5) is 38.8. The van der Waals surface area contributed by atoms with E-state index >= 15 is 0 Å². The van der Waals surface area contributed by atoms with Gasteiger partial charge in [-0.3, -0.25) is 14.6 Å². The Morgan fingerprint density at radius 3 is 2.53 bits per heavy atom. The summed E-state index contributed by atoms with van der Waals surface area (Å²) in [5, 5.41) is 2.91. The highest BCUT2D eigenvalue weighted by molar-refractivity contribution is 7.21. The van der Waals surface area contributed by atoms with Crippen LogP contribution in [0.5, 0.6) is 11.5 Å². The van der Waals surface area contributed by atoms with Crippen molar-refractivity contribution >= 4 is 44.9 Å². The maximum atomic E-state index is 12.6. The van der Waals surface area contributed by atoms with Crippen LogP contribution < -0.4 is 15.0 Å². The maximum absolute atomic E-state index is 12.6. The lowest BCUT2D eigenvalue weighted by Crippen LogP contribution is -2.41. The number of nitrogens with zero attached hydrogens (tertiary/aromatic N) is 4. The van der Waals surface area contributed by atoms with Crippen molar-refractivity contribution in [1.82, 2.24) is 14.9 Å². The monoisotopic (exact) mass is 529 g/mol. The number of pyridine rings is 2. The molecule has 4 aromatic rings.